The molecule has 0 aliphatic rings. The molecule has 0 radical (unpaired) electrons. The summed E-state index contributed by atoms with van der Waals surface area (Å²) < 4.78 is 0. The first-order valence-corrected chi connectivity index (χ1v) is 8.02. The number of rotatable bonds is 2. The summed E-state index contributed by atoms with van der Waals surface area (Å²) in [6.07, 6.45) is 0.944. The maximum atomic E-state index is 5.67. The van der Waals surface area contributed by atoms with Crippen LogP contribution in [0.3, 0.4) is 0 Å². The average molecular weight is 183 g/mol. The Labute approximate surface area is 69.6 Å². The van der Waals surface area contributed by atoms with Crippen molar-refractivity contribution >= 4 is 18.5 Å². The molecule has 0 rings (SSSR count). The van der Waals surface area contributed by atoms with E-state index >= 15 is 0 Å². The summed E-state index contributed by atoms with van der Waals surface area (Å²) in [5, 5.41) is 0. The summed E-state index contributed by atoms with van der Waals surface area (Å²) in [7, 11) is -1.14. The lowest BCUT2D eigenvalue weighted by Gasteiger charge is -1.97. The van der Waals surface area contributed by atoms with Gasteiger partial charge in [0.2, 0.25) is 0 Å². The van der Waals surface area contributed by atoms with Crippen LogP contribution in [0.2, 0.25) is 19.6 Å². The summed E-state index contributed by atoms with van der Waals surface area (Å²) in [6, 6.07) is 0. The summed E-state index contributed by atoms with van der Waals surface area (Å²) >= 11 is 5.67. The van der Waals surface area contributed by atoms with Crippen molar-refractivity contribution in [3.05, 3.63) is 0 Å². The lowest BCUT2D eigenvalue weighted by atomic mass is 10.4. The third kappa shape index (κ3) is 78.9. The van der Waals surface area contributed by atoms with Gasteiger partial charge >= 0.3 is 0 Å². The van der Waals surface area contributed by atoms with Crippen LogP contribution >= 0.6 is 11.1 Å². The van der Waals surface area contributed by atoms with E-state index in [2.05, 4.69) is 19.6 Å². The topological polar surface area (TPSA) is 52.0 Å². The number of halogens is 1. The third-order valence-electron chi connectivity index (χ3n) is 0.408. The molecule has 0 fully saturated rings. The standard InChI is InChI=1S/C3H9ClSi.C3H10N2/c1-5(2,3)4;4-2-1-3-5/h1-3H3;1-5H2. The molecule has 0 heterocycles. The smallest absolute Gasteiger partial charge is 0.147 e. The molecular weight excluding hydrogens is 164 g/mol. The Kier molecular flexibility index (Phi) is 9.83. The van der Waals surface area contributed by atoms with Crippen LogP contribution in [0.5, 0.6) is 0 Å². The van der Waals surface area contributed by atoms with Crippen LogP contribution in [0.1, 0.15) is 6.42 Å². The maximum Gasteiger partial charge on any atom is 0.147 e. The molecule has 0 aliphatic heterocycles. The number of nitrogens with two attached hydrogens (primary N) is 2. The lowest BCUT2D eigenvalue weighted by Crippen LogP contribution is -2.06. The van der Waals surface area contributed by atoms with Gasteiger partial charge in [-0.05, 0) is 19.5 Å². The van der Waals surface area contributed by atoms with Crippen molar-refractivity contribution in [1.82, 2.24) is 0 Å². The van der Waals surface area contributed by atoms with Gasteiger partial charge in [-0.25, -0.2) is 0 Å². The van der Waals surface area contributed by atoms with E-state index < -0.39 is 7.38 Å². The van der Waals surface area contributed by atoms with E-state index in [4.69, 9.17) is 22.5 Å². The van der Waals surface area contributed by atoms with Gasteiger partial charge in [-0.15, -0.1) is 0 Å². The van der Waals surface area contributed by atoms with Crippen molar-refractivity contribution in [1.29, 1.82) is 0 Å². The molecule has 0 saturated carbocycles. The fourth-order valence-corrected chi connectivity index (χ4v) is 0.118. The van der Waals surface area contributed by atoms with Crippen LogP contribution in [0.15, 0.2) is 0 Å². The zero-order chi connectivity index (χ0) is 8.62. The van der Waals surface area contributed by atoms with E-state index in [1.807, 2.05) is 0 Å². The van der Waals surface area contributed by atoms with Crippen LogP contribution < -0.4 is 11.5 Å². The van der Waals surface area contributed by atoms with Gasteiger partial charge in [-0.3, -0.25) is 0 Å². The first kappa shape index (κ1) is 13.0. The molecule has 0 aromatic carbocycles. The molecule has 2 nitrogen and oxygen atoms in total. The molecule has 0 amide bonds. The summed E-state index contributed by atoms with van der Waals surface area (Å²) in [5.41, 5.74) is 10.1. The minimum Gasteiger partial charge on any atom is -0.330 e. The van der Waals surface area contributed by atoms with E-state index in [0.29, 0.717) is 0 Å². The van der Waals surface area contributed by atoms with Crippen LogP contribution in [0.25, 0.3) is 0 Å². The molecule has 0 aromatic rings. The Morgan fingerprint density at radius 1 is 1.10 bits per heavy atom. The first-order chi connectivity index (χ1) is 4.41. The lowest BCUT2D eigenvalue weighted by molar-refractivity contribution is 0.844. The Balaban J connectivity index is 0. The second kappa shape index (κ2) is 7.53. The van der Waals surface area contributed by atoms with Gasteiger partial charge in [0.05, 0.1) is 0 Å². The molecule has 0 aliphatic carbocycles. The highest BCUT2D eigenvalue weighted by Crippen LogP contribution is 2.03. The Bertz CT molecular complexity index is 55.3. The molecule has 4 N–H and O–H groups in total. The molecule has 0 spiro atoms. The zero-order valence-electron chi connectivity index (χ0n) is 7.15. The van der Waals surface area contributed by atoms with Gasteiger partial charge < -0.3 is 11.5 Å². The van der Waals surface area contributed by atoms with Crippen LogP contribution in [0, 0.1) is 0 Å². The van der Waals surface area contributed by atoms with Crippen molar-refractivity contribution in [3.8, 4) is 0 Å². The van der Waals surface area contributed by atoms with Crippen LogP contribution in [0.4, 0.5) is 0 Å². The van der Waals surface area contributed by atoms with Crippen molar-refractivity contribution in [2.24, 2.45) is 11.5 Å². The maximum absolute atomic E-state index is 5.67. The number of hydrogen-bond acceptors (Lipinski definition) is 2. The summed E-state index contributed by atoms with van der Waals surface area (Å²) in [5.74, 6) is 0. The summed E-state index contributed by atoms with van der Waals surface area (Å²) in [6.45, 7) is 7.71. The molecule has 4 heteroatoms. The minimum absolute atomic E-state index is 0.719. The molecule has 64 valence electrons. The van der Waals surface area contributed by atoms with Crippen molar-refractivity contribution in [2.45, 2.75) is 26.1 Å². The van der Waals surface area contributed by atoms with Crippen molar-refractivity contribution in [2.75, 3.05) is 13.1 Å². The molecule has 0 unspecified atom stereocenters. The van der Waals surface area contributed by atoms with E-state index in [0.717, 1.165) is 19.5 Å². The predicted molar refractivity (Wildman–Crippen MR) is 51.9 cm³/mol. The SMILES string of the molecule is C[Si](C)(C)Cl.NCCCN. The summed E-state index contributed by atoms with van der Waals surface area (Å²) in [4.78, 5) is 0. The molecule has 0 atom stereocenters. The molecule has 0 saturated heterocycles. The first-order valence-electron chi connectivity index (χ1n) is 3.51. The van der Waals surface area contributed by atoms with Gasteiger partial charge in [0.15, 0.2) is 0 Å². The third-order valence-corrected chi connectivity index (χ3v) is 0.408. The van der Waals surface area contributed by atoms with Crippen LogP contribution in [-0.2, 0) is 0 Å². The van der Waals surface area contributed by atoms with Gasteiger partial charge in [0.25, 0.3) is 0 Å². The largest absolute Gasteiger partial charge is 0.330 e. The fraction of sp³-hybridized carbons (Fsp3) is 1.00. The van der Waals surface area contributed by atoms with E-state index in [1.54, 1.807) is 0 Å². The minimum atomic E-state index is -1.14. The van der Waals surface area contributed by atoms with Crippen molar-refractivity contribution < 1.29 is 0 Å². The Hall–Kier alpha value is 0.427. The quantitative estimate of drug-likeness (QED) is 0.501. The predicted octanol–water partition coefficient (Wildman–Crippen LogP) is 1.35. The molecule has 0 bridgehead atoms. The Morgan fingerprint density at radius 3 is 1.30 bits per heavy atom. The normalized spacial score (nSPS) is 10.2. The van der Waals surface area contributed by atoms with E-state index in [-0.39, 0.29) is 0 Å². The average Bonchev–Trinajstić information content (AvgIpc) is 1.63. The van der Waals surface area contributed by atoms with Gasteiger partial charge in [-0.2, -0.15) is 11.1 Å². The van der Waals surface area contributed by atoms with E-state index in [9.17, 15) is 0 Å². The van der Waals surface area contributed by atoms with Gasteiger partial charge in [0.1, 0.15) is 7.38 Å². The van der Waals surface area contributed by atoms with E-state index in [1.165, 1.54) is 0 Å². The Morgan fingerprint density at radius 2 is 1.30 bits per heavy atom. The monoisotopic (exact) mass is 182 g/mol. The highest BCUT2D eigenvalue weighted by atomic mass is 35.6. The second-order valence-electron chi connectivity index (χ2n) is 3.00. The van der Waals surface area contributed by atoms with Gasteiger partial charge in [0, 0.05) is 0 Å². The van der Waals surface area contributed by atoms with Gasteiger partial charge in [-0.1, -0.05) is 19.6 Å². The van der Waals surface area contributed by atoms with Crippen molar-refractivity contribution in [3.63, 3.8) is 0 Å². The highest BCUT2D eigenvalue weighted by molar-refractivity contribution is 7.18. The molecule has 10 heavy (non-hydrogen) atoms. The molecule has 0 aromatic heterocycles. The van der Waals surface area contributed by atoms with Crippen LogP contribution in [-0.4, -0.2) is 20.5 Å². The fourth-order valence-electron chi connectivity index (χ4n) is 0.118. The second-order valence-corrected chi connectivity index (χ2v) is 10.5. The zero-order valence-corrected chi connectivity index (χ0v) is 8.91. The molecular formula is C6H19ClN2Si. The number of hydrogen-bond donors (Lipinski definition) is 2. The highest BCUT2D eigenvalue weighted by Gasteiger charge is 2.04.